The Kier molecular flexibility index (Phi) is 3.50. The van der Waals surface area contributed by atoms with E-state index in [-0.39, 0.29) is 6.04 Å². The van der Waals surface area contributed by atoms with Crippen LogP contribution in [0.15, 0.2) is 24.5 Å². The van der Waals surface area contributed by atoms with Crippen LogP contribution in [0.5, 0.6) is 5.88 Å². The highest BCUT2D eigenvalue weighted by Gasteiger charge is 2.11. The van der Waals surface area contributed by atoms with Gasteiger partial charge in [0.25, 0.3) is 0 Å². The van der Waals surface area contributed by atoms with E-state index in [0.29, 0.717) is 5.88 Å². The van der Waals surface area contributed by atoms with Crippen LogP contribution in [-0.4, -0.2) is 21.9 Å². The largest absolute Gasteiger partial charge is 0.481 e. The molecule has 1 unspecified atom stereocenters. The molecule has 0 radical (unpaired) electrons. The summed E-state index contributed by atoms with van der Waals surface area (Å²) in [5, 5.41) is 7.73. The zero-order valence-corrected chi connectivity index (χ0v) is 11.1. The maximum Gasteiger partial charge on any atom is 0.213 e. The highest BCUT2D eigenvalue weighted by molar-refractivity contribution is 5.44. The third-order valence-electron chi connectivity index (χ3n) is 2.85. The van der Waals surface area contributed by atoms with Gasteiger partial charge in [-0.2, -0.15) is 5.10 Å². The first-order valence-electron chi connectivity index (χ1n) is 5.87. The fourth-order valence-corrected chi connectivity index (χ4v) is 1.96. The Hall–Kier alpha value is -2.04. The molecule has 2 aromatic rings. The Labute approximate surface area is 107 Å². The number of pyridine rings is 1. The molecule has 96 valence electrons. The summed E-state index contributed by atoms with van der Waals surface area (Å²) in [6, 6.07) is 3.98. The molecule has 2 heterocycles. The van der Waals surface area contributed by atoms with Crippen LogP contribution in [0.25, 0.3) is 0 Å². The molecular formula is C13H18N4O. The Morgan fingerprint density at radius 2 is 2.17 bits per heavy atom. The predicted octanol–water partition coefficient (Wildman–Crippen LogP) is 2.31. The summed E-state index contributed by atoms with van der Waals surface area (Å²) in [6.45, 7) is 4.12. The van der Waals surface area contributed by atoms with Gasteiger partial charge in [0.05, 0.1) is 30.7 Å². The van der Waals surface area contributed by atoms with E-state index in [9.17, 15) is 0 Å². The number of hydrogen-bond donors (Lipinski definition) is 1. The third-order valence-corrected chi connectivity index (χ3v) is 2.85. The lowest BCUT2D eigenvalue weighted by atomic mass is 10.1. The monoisotopic (exact) mass is 246 g/mol. The fraction of sp³-hybridized carbons (Fsp3) is 0.385. The third kappa shape index (κ3) is 2.61. The van der Waals surface area contributed by atoms with Crippen LogP contribution in [0.2, 0.25) is 0 Å². The van der Waals surface area contributed by atoms with Gasteiger partial charge >= 0.3 is 0 Å². The molecule has 2 aromatic heterocycles. The standard InChI is InChI=1S/C13H18N4O/c1-9(12-8-17(3)16-10(12)2)15-11-5-6-13(18-4)14-7-11/h5-9,15H,1-4H3. The summed E-state index contributed by atoms with van der Waals surface area (Å²) in [5.41, 5.74) is 3.19. The predicted molar refractivity (Wildman–Crippen MR) is 70.8 cm³/mol. The van der Waals surface area contributed by atoms with Crippen LogP contribution in [0.4, 0.5) is 5.69 Å². The molecule has 0 saturated carbocycles. The van der Waals surface area contributed by atoms with Crippen molar-refractivity contribution in [2.75, 3.05) is 12.4 Å². The summed E-state index contributed by atoms with van der Waals surface area (Å²) in [4.78, 5) is 4.17. The van der Waals surface area contributed by atoms with Gasteiger partial charge < -0.3 is 10.1 Å². The number of aromatic nitrogens is 3. The molecule has 5 nitrogen and oxygen atoms in total. The Morgan fingerprint density at radius 1 is 1.39 bits per heavy atom. The summed E-state index contributed by atoms with van der Waals surface area (Å²) in [6.07, 6.45) is 3.80. The first-order chi connectivity index (χ1) is 8.60. The van der Waals surface area contributed by atoms with Gasteiger partial charge in [0.1, 0.15) is 0 Å². The minimum absolute atomic E-state index is 0.189. The molecule has 0 aromatic carbocycles. The number of nitrogens with zero attached hydrogens (tertiary/aromatic N) is 3. The molecule has 1 atom stereocenters. The Bertz CT molecular complexity index is 518. The minimum atomic E-state index is 0.189. The van der Waals surface area contributed by atoms with Gasteiger partial charge in [-0.25, -0.2) is 4.98 Å². The highest BCUT2D eigenvalue weighted by Crippen LogP contribution is 2.21. The quantitative estimate of drug-likeness (QED) is 0.899. The van der Waals surface area contributed by atoms with E-state index in [1.165, 1.54) is 5.56 Å². The molecule has 1 N–H and O–H groups in total. The Balaban J connectivity index is 2.10. The van der Waals surface area contributed by atoms with E-state index < -0.39 is 0 Å². The lowest BCUT2D eigenvalue weighted by Crippen LogP contribution is -2.07. The summed E-state index contributed by atoms with van der Waals surface area (Å²) in [5.74, 6) is 0.616. The fourth-order valence-electron chi connectivity index (χ4n) is 1.96. The van der Waals surface area contributed by atoms with Crippen LogP contribution in [0.1, 0.15) is 24.2 Å². The molecule has 5 heteroatoms. The Morgan fingerprint density at radius 3 is 2.67 bits per heavy atom. The van der Waals surface area contributed by atoms with Crippen LogP contribution < -0.4 is 10.1 Å². The number of hydrogen-bond acceptors (Lipinski definition) is 4. The van der Waals surface area contributed by atoms with Crippen LogP contribution in [0, 0.1) is 6.92 Å². The van der Waals surface area contributed by atoms with Crippen molar-refractivity contribution >= 4 is 5.69 Å². The molecule has 0 amide bonds. The van der Waals surface area contributed by atoms with Gasteiger partial charge in [0.2, 0.25) is 5.88 Å². The van der Waals surface area contributed by atoms with Gasteiger partial charge in [0, 0.05) is 24.9 Å². The molecule has 0 bridgehead atoms. The molecule has 0 spiro atoms. The van der Waals surface area contributed by atoms with E-state index in [4.69, 9.17) is 4.74 Å². The number of rotatable bonds is 4. The molecule has 0 fully saturated rings. The lowest BCUT2D eigenvalue weighted by Gasteiger charge is -2.14. The average molecular weight is 246 g/mol. The van der Waals surface area contributed by atoms with Crippen molar-refractivity contribution in [1.29, 1.82) is 0 Å². The maximum atomic E-state index is 5.03. The van der Waals surface area contributed by atoms with E-state index in [1.54, 1.807) is 13.3 Å². The summed E-state index contributed by atoms with van der Waals surface area (Å²) >= 11 is 0. The van der Waals surface area contributed by atoms with Gasteiger partial charge in [-0.15, -0.1) is 0 Å². The van der Waals surface area contributed by atoms with E-state index >= 15 is 0 Å². The van der Waals surface area contributed by atoms with Gasteiger partial charge in [-0.3, -0.25) is 4.68 Å². The van der Waals surface area contributed by atoms with E-state index in [1.807, 2.05) is 37.0 Å². The average Bonchev–Trinajstić information content (AvgIpc) is 2.69. The normalized spacial score (nSPS) is 12.2. The summed E-state index contributed by atoms with van der Waals surface area (Å²) in [7, 11) is 3.54. The van der Waals surface area contributed by atoms with Crippen LogP contribution >= 0.6 is 0 Å². The zero-order valence-electron chi connectivity index (χ0n) is 11.1. The van der Waals surface area contributed by atoms with Crippen molar-refractivity contribution in [3.63, 3.8) is 0 Å². The maximum absolute atomic E-state index is 5.03. The van der Waals surface area contributed by atoms with Crippen molar-refractivity contribution in [3.05, 3.63) is 35.8 Å². The molecule has 18 heavy (non-hydrogen) atoms. The van der Waals surface area contributed by atoms with Crippen molar-refractivity contribution < 1.29 is 4.74 Å². The number of anilines is 1. The topological polar surface area (TPSA) is 52.0 Å². The molecule has 2 rings (SSSR count). The summed E-state index contributed by atoms with van der Waals surface area (Å²) < 4.78 is 6.86. The minimum Gasteiger partial charge on any atom is -0.481 e. The zero-order chi connectivity index (χ0) is 13.1. The molecular weight excluding hydrogens is 228 g/mol. The first-order valence-corrected chi connectivity index (χ1v) is 5.87. The first kappa shape index (κ1) is 12.4. The molecule has 0 saturated heterocycles. The van der Waals surface area contributed by atoms with Crippen molar-refractivity contribution in [2.24, 2.45) is 7.05 Å². The van der Waals surface area contributed by atoms with Crippen LogP contribution in [-0.2, 0) is 7.05 Å². The van der Waals surface area contributed by atoms with Crippen molar-refractivity contribution in [3.8, 4) is 5.88 Å². The van der Waals surface area contributed by atoms with Gasteiger partial charge in [0.15, 0.2) is 0 Å². The second kappa shape index (κ2) is 5.08. The molecule has 0 aliphatic rings. The van der Waals surface area contributed by atoms with Gasteiger partial charge in [-0.1, -0.05) is 0 Å². The second-order valence-corrected chi connectivity index (χ2v) is 4.30. The SMILES string of the molecule is COc1ccc(NC(C)c2cn(C)nc2C)cn1. The van der Waals surface area contributed by atoms with Gasteiger partial charge in [-0.05, 0) is 19.9 Å². The molecule has 0 aliphatic carbocycles. The molecule has 0 aliphatic heterocycles. The van der Waals surface area contributed by atoms with Crippen molar-refractivity contribution in [1.82, 2.24) is 14.8 Å². The van der Waals surface area contributed by atoms with Crippen LogP contribution in [0.3, 0.4) is 0 Å². The van der Waals surface area contributed by atoms with Crippen molar-refractivity contribution in [2.45, 2.75) is 19.9 Å². The number of ether oxygens (including phenoxy) is 1. The van der Waals surface area contributed by atoms with E-state index in [0.717, 1.165) is 11.4 Å². The highest BCUT2D eigenvalue weighted by atomic mass is 16.5. The number of nitrogens with one attached hydrogen (secondary N) is 1. The lowest BCUT2D eigenvalue weighted by molar-refractivity contribution is 0.398. The second-order valence-electron chi connectivity index (χ2n) is 4.30. The van der Waals surface area contributed by atoms with E-state index in [2.05, 4.69) is 22.3 Å². The number of aryl methyl sites for hydroxylation is 2. The number of methoxy groups -OCH3 is 1. The smallest absolute Gasteiger partial charge is 0.213 e.